The highest BCUT2D eigenvalue weighted by atomic mass is 32.1. The number of pyridine rings is 1. The Balaban J connectivity index is 2.00. The average Bonchev–Trinajstić information content (AvgIpc) is 3.04. The third-order valence-electron chi connectivity index (χ3n) is 3.54. The standard InChI is InChI=1S/C13H14N4O2S/c14-9-7-3-1-5-16-12(7)20-10(9)13(19)17-6-2-4-8(17)11(15)18/h1,3,5,8H,2,4,6,14H2,(H2,15,18). The van der Waals surface area contributed by atoms with Gasteiger partial charge in [-0.1, -0.05) is 0 Å². The molecule has 7 heteroatoms. The molecule has 0 aliphatic carbocycles. The maximum atomic E-state index is 12.6. The second-order valence-corrected chi connectivity index (χ2v) is 5.76. The predicted octanol–water partition coefficient (Wildman–Crippen LogP) is 0.968. The van der Waals surface area contributed by atoms with Gasteiger partial charge in [0.05, 0.1) is 5.69 Å². The molecule has 3 heterocycles. The molecule has 0 bridgehead atoms. The average molecular weight is 290 g/mol. The molecule has 1 saturated heterocycles. The molecule has 1 aliphatic rings. The maximum Gasteiger partial charge on any atom is 0.266 e. The molecule has 0 aromatic carbocycles. The predicted molar refractivity (Wildman–Crippen MR) is 77.3 cm³/mol. The third-order valence-corrected chi connectivity index (χ3v) is 4.66. The largest absolute Gasteiger partial charge is 0.397 e. The van der Waals surface area contributed by atoms with Crippen LogP contribution in [0.4, 0.5) is 5.69 Å². The quantitative estimate of drug-likeness (QED) is 0.860. The van der Waals surface area contributed by atoms with Gasteiger partial charge in [0.15, 0.2) is 0 Å². The molecule has 1 unspecified atom stereocenters. The van der Waals surface area contributed by atoms with Gasteiger partial charge >= 0.3 is 0 Å². The van der Waals surface area contributed by atoms with Crippen LogP contribution in [-0.4, -0.2) is 34.3 Å². The molecular weight excluding hydrogens is 276 g/mol. The van der Waals surface area contributed by atoms with Gasteiger partial charge in [-0.2, -0.15) is 0 Å². The normalized spacial score (nSPS) is 18.6. The van der Waals surface area contributed by atoms with E-state index < -0.39 is 11.9 Å². The van der Waals surface area contributed by atoms with E-state index in [1.54, 1.807) is 12.3 Å². The van der Waals surface area contributed by atoms with E-state index in [-0.39, 0.29) is 5.91 Å². The number of aromatic nitrogens is 1. The van der Waals surface area contributed by atoms with Crippen molar-refractivity contribution in [3.05, 3.63) is 23.2 Å². The Hall–Kier alpha value is -2.15. The van der Waals surface area contributed by atoms with Crippen LogP contribution in [0.3, 0.4) is 0 Å². The number of carbonyl (C=O) groups is 2. The lowest BCUT2D eigenvalue weighted by Gasteiger charge is -2.21. The number of fused-ring (bicyclic) bond motifs is 1. The number of nitrogens with zero attached hydrogens (tertiary/aromatic N) is 2. The Morgan fingerprint density at radius 3 is 2.95 bits per heavy atom. The molecule has 0 spiro atoms. The van der Waals surface area contributed by atoms with Gasteiger partial charge in [0, 0.05) is 18.1 Å². The Morgan fingerprint density at radius 1 is 1.45 bits per heavy atom. The van der Waals surface area contributed by atoms with Crippen LogP contribution in [0, 0.1) is 0 Å². The first kappa shape index (κ1) is 12.9. The van der Waals surface area contributed by atoms with E-state index >= 15 is 0 Å². The van der Waals surface area contributed by atoms with Crippen molar-refractivity contribution in [2.45, 2.75) is 18.9 Å². The van der Waals surface area contributed by atoms with Gasteiger partial charge in [0.2, 0.25) is 5.91 Å². The second kappa shape index (κ2) is 4.75. The summed E-state index contributed by atoms with van der Waals surface area (Å²) in [6.07, 6.45) is 3.06. The molecule has 0 radical (unpaired) electrons. The van der Waals surface area contributed by atoms with Gasteiger partial charge in [-0.05, 0) is 25.0 Å². The lowest BCUT2D eigenvalue weighted by atomic mass is 10.2. The zero-order chi connectivity index (χ0) is 14.3. The number of primary amides is 1. The summed E-state index contributed by atoms with van der Waals surface area (Å²) in [5.74, 6) is -0.694. The number of nitrogens with two attached hydrogens (primary N) is 2. The number of hydrogen-bond donors (Lipinski definition) is 2. The first-order valence-corrected chi connectivity index (χ1v) is 7.14. The van der Waals surface area contributed by atoms with Gasteiger partial charge in [0.1, 0.15) is 15.7 Å². The van der Waals surface area contributed by atoms with E-state index in [9.17, 15) is 9.59 Å². The highest BCUT2D eigenvalue weighted by molar-refractivity contribution is 7.21. The van der Waals surface area contributed by atoms with Crippen molar-refractivity contribution in [2.24, 2.45) is 5.73 Å². The number of amides is 2. The number of carbonyl (C=O) groups excluding carboxylic acids is 2. The van der Waals surface area contributed by atoms with Gasteiger partial charge in [0.25, 0.3) is 5.91 Å². The number of nitrogen functional groups attached to an aromatic ring is 1. The highest BCUT2D eigenvalue weighted by Gasteiger charge is 2.34. The van der Waals surface area contributed by atoms with Gasteiger partial charge < -0.3 is 16.4 Å². The molecule has 1 fully saturated rings. The fourth-order valence-electron chi connectivity index (χ4n) is 2.55. The number of hydrogen-bond acceptors (Lipinski definition) is 5. The summed E-state index contributed by atoms with van der Waals surface area (Å²) in [6.45, 7) is 0.535. The lowest BCUT2D eigenvalue weighted by molar-refractivity contribution is -0.121. The minimum absolute atomic E-state index is 0.230. The molecule has 2 aromatic rings. The van der Waals surface area contributed by atoms with E-state index in [2.05, 4.69) is 4.98 Å². The molecule has 20 heavy (non-hydrogen) atoms. The Kier molecular flexibility index (Phi) is 3.06. The molecule has 0 saturated carbocycles. The minimum Gasteiger partial charge on any atom is -0.397 e. The Morgan fingerprint density at radius 2 is 2.25 bits per heavy atom. The Labute approximate surface area is 119 Å². The van der Waals surface area contributed by atoms with E-state index in [0.29, 0.717) is 23.5 Å². The van der Waals surface area contributed by atoms with Crippen LogP contribution in [0.25, 0.3) is 10.2 Å². The molecule has 104 valence electrons. The summed E-state index contributed by atoms with van der Waals surface area (Å²) in [4.78, 5) is 30.8. The smallest absolute Gasteiger partial charge is 0.266 e. The van der Waals surface area contributed by atoms with Crippen molar-refractivity contribution in [3.8, 4) is 0 Å². The van der Waals surface area contributed by atoms with E-state index in [0.717, 1.165) is 16.6 Å². The number of thiophene rings is 1. The van der Waals surface area contributed by atoms with Gasteiger partial charge in [-0.3, -0.25) is 9.59 Å². The van der Waals surface area contributed by atoms with Crippen molar-refractivity contribution < 1.29 is 9.59 Å². The summed E-state index contributed by atoms with van der Waals surface area (Å²) in [6, 6.07) is 3.09. The number of anilines is 1. The lowest BCUT2D eigenvalue weighted by Crippen LogP contribution is -2.43. The fraction of sp³-hybridized carbons (Fsp3) is 0.308. The van der Waals surface area contributed by atoms with Crippen LogP contribution in [-0.2, 0) is 4.79 Å². The first-order valence-electron chi connectivity index (χ1n) is 6.33. The van der Waals surface area contributed by atoms with Crippen molar-refractivity contribution in [1.29, 1.82) is 0 Å². The van der Waals surface area contributed by atoms with Crippen LogP contribution in [0.2, 0.25) is 0 Å². The summed E-state index contributed by atoms with van der Waals surface area (Å²) < 4.78 is 0. The second-order valence-electron chi connectivity index (χ2n) is 4.76. The van der Waals surface area contributed by atoms with E-state index in [4.69, 9.17) is 11.5 Å². The molecular formula is C13H14N4O2S. The molecule has 2 aromatic heterocycles. The molecule has 1 atom stereocenters. The van der Waals surface area contributed by atoms with Crippen molar-refractivity contribution in [2.75, 3.05) is 12.3 Å². The van der Waals surface area contributed by atoms with E-state index in [1.165, 1.54) is 16.2 Å². The summed E-state index contributed by atoms with van der Waals surface area (Å²) >= 11 is 1.25. The van der Waals surface area contributed by atoms with Crippen LogP contribution < -0.4 is 11.5 Å². The van der Waals surface area contributed by atoms with Crippen LogP contribution in [0.15, 0.2) is 18.3 Å². The molecule has 4 N–H and O–H groups in total. The third kappa shape index (κ3) is 1.90. The summed E-state index contributed by atoms with van der Waals surface area (Å²) in [5.41, 5.74) is 11.8. The molecule has 2 amide bonds. The van der Waals surface area contributed by atoms with Crippen molar-refractivity contribution >= 4 is 39.1 Å². The van der Waals surface area contributed by atoms with Gasteiger partial charge in [-0.25, -0.2) is 4.98 Å². The monoisotopic (exact) mass is 290 g/mol. The van der Waals surface area contributed by atoms with Crippen molar-refractivity contribution in [3.63, 3.8) is 0 Å². The van der Waals surface area contributed by atoms with Gasteiger partial charge in [-0.15, -0.1) is 11.3 Å². The molecule has 6 nitrogen and oxygen atoms in total. The number of likely N-dealkylation sites (tertiary alicyclic amines) is 1. The zero-order valence-corrected chi connectivity index (χ0v) is 11.5. The molecule has 1 aliphatic heterocycles. The van der Waals surface area contributed by atoms with Crippen LogP contribution in [0.1, 0.15) is 22.5 Å². The first-order chi connectivity index (χ1) is 9.59. The van der Waals surface area contributed by atoms with Crippen LogP contribution >= 0.6 is 11.3 Å². The minimum atomic E-state index is -0.528. The highest BCUT2D eigenvalue weighted by Crippen LogP contribution is 2.34. The Bertz CT molecular complexity index is 697. The number of rotatable bonds is 2. The topological polar surface area (TPSA) is 102 Å². The maximum absolute atomic E-state index is 12.6. The van der Waals surface area contributed by atoms with Crippen molar-refractivity contribution in [1.82, 2.24) is 9.88 Å². The SMILES string of the molecule is NC(=O)C1CCCN1C(=O)c1sc2ncccc2c1N. The fourth-order valence-corrected chi connectivity index (χ4v) is 3.57. The summed E-state index contributed by atoms with van der Waals surface area (Å²) in [7, 11) is 0. The molecule has 3 rings (SSSR count). The summed E-state index contributed by atoms with van der Waals surface area (Å²) in [5, 5.41) is 0.774. The van der Waals surface area contributed by atoms with E-state index in [1.807, 2.05) is 6.07 Å². The van der Waals surface area contributed by atoms with Crippen LogP contribution in [0.5, 0.6) is 0 Å². The zero-order valence-electron chi connectivity index (χ0n) is 10.7.